The first kappa shape index (κ1) is 57.9. The number of carbonyl (C=O) groups excluding carboxylic acids is 5. The summed E-state index contributed by atoms with van der Waals surface area (Å²) in [5.74, 6) is -5.34. The number of hydrogen-bond donors (Lipinski definition) is 4. The molecule has 5 amide bonds. The van der Waals surface area contributed by atoms with Crippen LogP contribution in [0.4, 0.5) is 26.7 Å². The molecule has 1 saturated heterocycles. The number of alkyl halides is 5. The molecule has 4 N–H and O–H groups in total. The lowest BCUT2D eigenvalue weighted by Crippen LogP contribution is -2.51. The van der Waals surface area contributed by atoms with E-state index in [1.807, 2.05) is 81.1 Å². The van der Waals surface area contributed by atoms with Crippen LogP contribution in [0.3, 0.4) is 0 Å². The van der Waals surface area contributed by atoms with Crippen molar-refractivity contribution in [1.82, 2.24) is 31.1 Å². The number of hydrogen-bond acceptors (Lipinski definition) is 7. The van der Waals surface area contributed by atoms with Gasteiger partial charge in [-0.05, 0) is 40.4 Å². The van der Waals surface area contributed by atoms with Crippen LogP contribution in [0.15, 0.2) is 0 Å². The Morgan fingerprint density at radius 2 is 1.19 bits per heavy atom. The van der Waals surface area contributed by atoms with Crippen molar-refractivity contribution >= 4 is 29.7 Å². The summed E-state index contributed by atoms with van der Waals surface area (Å²) in [5.41, 5.74) is 0.117. The van der Waals surface area contributed by atoms with Crippen molar-refractivity contribution in [2.24, 2.45) is 33.5 Å². The predicted octanol–water partition coefficient (Wildman–Crippen LogP) is 7.41. The highest BCUT2D eigenvalue weighted by Crippen LogP contribution is 2.40. The number of halogens is 5. The molecular weight excluding hydrogens is 779 g/mol. The second-order valence-corrected chi connectivity index (χ2v) is 20.6. The molecule has 0 aromatic carbocycles. The zero-order valence-corrected chi connectivity index (χ0v) is 39.0. The van der Waals surface area contributed by atoms with E-state index in [2.05, 4.69) is 51.7 Å². The molecule has 0 spiro atoms. The smallest absolute Gasteiger partial charge is 0.407 e. The Kier molecular flexibility index (Phi) is 24.4. The van der Waals surface area contributed by atoms with Gasteiger partial charge in [-0.15, -0.1) is 0 Å². The Morgan fingerprint density at radius 3 is 1.54 bits per heavy atom. The van der Waals surface area contributed by atoms with Gasteiger partial charge in [0.1, 0.15) is 18.4 Å². The molecule has 2 aliphatic rings. The van der Waals surface area contributed by atoms with Gasteiger partial charge in [0.15, 0.2) is 0 Å². The molecule has 0 bridgehead atoms. The summed E-state index contributed by atoms with van der Waals surface area (Å²) in [7, 11) is 1.28. The lowest BCUT2D eigenvalue weighted by molar-refractivity contribution is -0.154. The van der Waals surface area contributed by atoms with Crippen molar-refractivity contribution in [2.45, 2.75) is 148 Å². The number of carbonyl (C=O) groups is 5. The third-order valence-electron chi connectivity index (χ3n) is 8.52. The molecule has 1 unspecified atom stereocenters. The number of rotatable bonds is 9. The molecule has 2 fully saturated rings. The first-order valence-corrected chi connectivity index (χ1v) is 20.5. The van der Waals surface area contributed by atoms with E-state index in [-0.39, 0.29) is 46.9 Å². The second kappa shape index (κ2) is 24.9. The Morgan fingerprint density at radius 1 is 0.729 bits per heavy atom. The number of alkyl carbamates (subject to hydrolysis) is 1. The summed E-state index contributed by atoms with van der Waals surface area (Å²) in [6, 6.07) is -0.565. The lowest BCUT2D eigenvalue weighted by atomic mass is 9.96. The molecule has 1 aliphatic heterocycles. The number of piperazine rings is 1. The van der Waals surface area contributed by atoms with E-state index in [0.717, 1.165) is 32.7 Å². The topological polar surface area (TPSA) is 149 Å². The van der Waals surface area contributed by atoms with Crippen LogP contribution in [-0.4, -0.2) is 117 Å². The van der Waals surface area contributed by atoms with E-state index in [9.17, 15) is 45.9 Å². The summed E-state index contributed by atoms with van der Waals surface area (Å²) in [4.78, 5) is 60.7. The standard InChI is InChI=1S/C12H24N2O3.C11H19F2NO.C11H22N2O.C8H14F3NO/c1-8(2)9(14-11(16)17-6)10(15)13-7-12(3,4)5;1-10(2,3)7-14-9(15)8-5-4-6-11(8,12)13;1-10(14)13-7-5-12(6-8-13)9-11(2,3)4;1-7(2,3)5-12-6(13)4-8(9,10)11/h8-9H,7H2,1-6H3,(H,13,15)(H,14,16);8H,4-7H2,1-3H3,(H,14,15);5-9H2,1-4H3;4-5H2,1-3H3,(H,12,13)/t9-;;;/m0.../s1. The molecule has 0 aromatic rings. The molecule has 1 heterocycles. The number of nitrogens with zero attached hydrogens (tertiary/aromatic N) is 2. The van der Waals surface area contributed by atoms with Gasteiger partial charge in [0.25, 0.3) is 5.92 Å². The molecule has 12 nitrogen and oxygen atoms in total. The Bertz CT molecular complexity index is 1290. The molecule has 1 aliphatic carbocycles. The van der Waals surface area contributed by atoms with Gasteiger partial charge in [-0.3, -0.25) is 24.1 Å². The molecule has 348 valence electrons. The summed E-state index contributed by atoms with van der Waals surface area (Å²) in [5, 5.41) is 10.2. The number of amides is 5. The van der Waals surface area contributed by atoms with Gasteiger partial charge in [-0.25, -0.2) is 13.6 Å². The van der Waals surface area contributed by atoms with Crippen molar-refractivity contribution in [3.8, 4) is 0 Å². The van der Waals surface area contributed by atoms with Crippen LogP contribution in [0.1, 0.15) is 130 Å². The van der Waals surface area contributed by atoms with Crippen LogP contribution in [0.25, 0.3) is 0 Å². The van der Waals surface area contributed by atoms with Gasteiger partial charge >= 0.3 is 12.3 Å². The van der Waals surface area contributed by atoms with Crippen molar-refractivity contribution < 1.29 is 50.7 Å². The highest BCUT2D eigenvalue weighted by Gasteiger charge is 2.48. The number of nitrogens with one attached hydrogen (secondary N) is 4. The minimum Gasteiger partial charge on any atom is -0.453 e. The van der Waals surface area contributed by atoms with Crippen LogP contribution >= 0.6 is 0 Å². The van der Waals surface area contributed by atoms with E-state index in [1.54, 1.807) is 6.92 Å². The van der Waals surface area contributed by atoms with Gasteiger partial charge in [-0.1, -0.05) is 96.9 Å². The van der Waals surface area contributed by atoms with Gasteiger partial charge in [0.05, 0.1) is 7.11 Å². The van der Waals surface area contributed by atoms with Crippen molar-refractivity contribution in [1.29, 1.82) is 0 Å². The van der Waals surface area contributed by atoms with Crippen LogP contribution in [0.5, 0.6) is 0 Å². The van der Waals surface area contributed by atoms with E-state index >= 15 is 0 Å². The van der Waals surface area contributed by atoms with Crippen LogP contribution < -0.4 is 21.3 Å². The molecule has 0 aromatic heterocycles. The average molecular weight is 859 g/mol. The first-order valence-electron chi connectivity index (χ1n) is 20.5. The largest absolute Gasteiger partial charge is 0.453 e. The number of methoxy groups -OCH3 is 1. The summed E-state index contributed by atoms with van der Waals surface area (Å²) in [6.45, 7) is 35.9. The van der Waals surface area contributed by atoms with Gasteiger partial charge in [-0.2, -0.15) is 13.2 Å². The normalized spacial score (nSPS) is 17.7. The molecule has 17 heteroatoms. The fraction of sp³-hybridized carbons (Fsp3) is 0.881. The monoisotopic (exact) mass is 859 g/mol. The Hall–Kier alpha value is -3.24. The SMILES string of the molecule is CC(=O)N1CCN(CC(C)(C)C)CC1.CC(C)(C)CNC(=O)C1CCCC1(F)F.CC(C)(C)CNC(=O)CC(F)(F)F.COC(=O)N[C@H](C(=O)NCC(C)(C)C)C(C)C. The average Bonchev–Trinajstić information content (AvgIpc) is 3.41. The van der Waals surface area contributed by atoms with Crippen molar-refractivity contribution in [3.05, 3.63) is 0 Å². The summed E-state index contributed by atoms with van der Waals surface area (Å²) in [6.07, 6.45) is -5.80. The fourth-order valence-electron chi connectivity index (χ4n) is 5.41. The van der Waals surface area contributed by atoms with Crippen molar-refractivity contribution in [2.75, 3.05) is 59.5 Å². The van der Waals surface area contributed by atoms with Gasteiger partial charge < -0.3 is 30.9 Å². The maximum Gasteiger partial charge on any atom is 0.407 e. The predicted molar refractivity (Wildman–Crippen MR) is 223 cm³/mol. The molecule has 2 atom stereocenters. The fourth-order valence-corrected chi connectivity index (χ4v) is 5.41. The first-order chi connectivity index (χ1) is 26.4. The third kappa shape index (κ3) is 31.3. The minimum absolute atomic E-state index is 0.00840. The van der Waals surface area contributed by atoms with E-state index in [1.165, 1.54) is 7.11 Å². The highest BCUT2D eigenvalue weighted by molar-refractivity contribution is 5.85. The molecule has 59 heavy (non-hydrogen) atoms. The van der Waals surface area contributed by atoms with Crippen molar-refractivity contribution in [3.63, 3.8) is 0 Å². The third-order valence-corrected chi connectivity index (χ3v) is 8.52. The molecule has 2 rings (SSSR count). The highest BCUT2D eigenvalue weighted by atomic mass is 19.4. The Balaban J connectivity index is 0. The summed E-state index contributed by atoms with van der Waals surface area (Å²) < 4.78 is 65.9. The number of ether oxygens (including phenoxy) is 1. The van der Waals surface area contributed by atoms with E-state index < -0.39 is 48.4 Å². The van der Waals surface area contributed by atoms with Gasteiger partial charge in [0.2, 0.25) is 23.6 Å². The maximum absolute atomic E-state index is 13.2. The zero-order chi connectivity index (χ0) is 46.8. The minimum atomic E-state index is -4.41. The molecule has 0 radical (unpaired) electrons. The Labute approximate surface area is 351 Å². The van der Waals surface area contributed by atoms with E-state index in [4.69, 9.17) is 0 Å². The van der Waals surface area contributed by atoms with E-state index in [0.29, 0.717) is 31.3 Å². The maximum atomic E-state index is 13.2. The quantitative estimate of drug-likeness (QED) is 0.177. The molecule has 1 saturated carbocycles. The second-order valence-electron chi connectivity index (χ2n) is 20.6. The lowest BCUT2D eigenvalue weighted by Gasteiger charge is -2.37. The van der Waals surface area contributed by atoms with Crippen LogP contribution in [-0.2, 0) is 23.9 Å². The van der Waals surface area contributed by atoms with Crippen LogP contribution in [0.2, 0.25) is 0 Å². The molecular formula is C42H79F5N6O6. The summed E-state index contributed by atoms with van der Waals surface area (Å²) >= 11 is 0. The van der Waals surface area contributed by atoms with Crippen LogP contribution in [0, 0.1) is 33.5 Å². The van der Waals surface area contributed by atoms with Gasteiger partial charge in [0, 0.05) is 65.7 Å². The zero-order valence-electron chi connectivity index (χ0n) is 39.0.